The molecule has 0 aliphatic carbocycles. The highest BCUT2D eigenvalue weighted by Crippen LogP contribution is 2.22. The first-order valence-electron chi connectivity index (χ1n) is 8.08. The summed E-state index contributed by atoms with van der Waals surface area (Å²) in [5.41, 5.74) is 9.92. The Morgan fingerprint density at radius 3 is 2.42 bits per heavy atom. The molecule has 1 aromatic heterocycles. The predicted molar refractivity (Wildman–Crippen MR) is 97.8 cm³/mol. The van der Waals surface area contributed by atoms with Crippen molar-refractivity contribution < 1.29 is 31.7 Å². The summed E-state index contributed by atoms with van der Waals surface area (Å²) in [6, 6.07) is 7.55. The number of pyridine rings is 1. The highest BCUT2D eigenvalue weighted by molar-refractivity contribution is 5.87. The van der Waals surface area contributed by atoms with Crippen LogP contribution in [0, 0.1) is 13.8 Å². The van der Waals surface area contributed by atoms with Crippen LogP contribution >= 0.6 is 0 Å². The van der Waals surface area contributed by atoms with Crippen LogP contribution in [0.3, 0.4) is 0 Å². The monoisotopic (exact) mass is 380 g/mol. The van der Waals surface area contributed by atoms with Gasteiger partial charge in [-0.25, -0.2) is 9.78 Å². The minimum atomic E-state index is -0.534. The molecule has 8 heteroatoms. The molecule has 5 N–H and O–H groups in total. The van der Waals surface area contributed by atoms with E-state index in [4.69, 9.17) is 15.2 Å². The fourth-order valence-corrected chi connectivity index (χ4v) is 2.53. The zero-order valence-electron chi connectivity index (χ0n) is 15.4. The molecule has 0 fully saturated rings. The number of hydrogen-bond donors (Lipinski definition) is 3. The van der Waals surface area contributed by atoms with Gasteiger partial charge >= 0.3 is 6.09 Å². The normalized spacial score (nSPS) is 9.85. The van der Waals surface area contributed by atoms with E-state index >= 15 is 0 Å². The van der Waals surface area contributed by atoms with Crippen LogP contribution in [-0.4, -0.2) is 19.8 Å². The van der Waals surface area contributed by atoms with Crippen LogP contribution in [0.4, 0.5) is 22.1 Å². The average molecular weight is 381 g/mol. The van der Waals surface area contributed by atoms with Gasteiger partial charge in [-0.2, -0.15) is 0 Å². The van der Waals surface area contributed by atoms with Gasteiger partial charge in [-0.1, -0.05) is 0 Å². The van der Waals surface area contributed by atoms with E-state index in [9.17, 15) is 4.79 Å². The van der Waals surface area contributed by atoms with Crippen LogP contribution in [0.5, 0.6) is 5.75 Å². The maximum absolute atomic E-state index is 11.5. The number of benzene rings is 1. The van der Waals surface area contributed by atoms with E-state index in [0.29, 0.717) is 24.7 Å². The Labute approximate surface area is 159 Å². The largest absolute Gasteiger partial charge is 1.00 e. The molecule has 2 aromatic rings. The number of carbonyl (C=O) groups excluding carboxylic acids is 1. The second kappa shape index (κ2) is 9.72. The molecule has 1 aromatic carbocycles. The molecular formula is C18H25ClN4O3. The molecule has 0 aliphatic rings. The predicted octanol–water partition coefficient (Wildman–Crippen LogP) is -0.107. The summed E-state index contributed by atoms with van der Waals surface area (Å²) in [6.07, 6.45) is -0.534. The van der Waals surface area contributed by atoms with Gasteiger partial charge in [-0.15, -0.1) is 0 Å². The van der Waals surface area contributed by atoms with Gasteiger partial charge in [-0.05, 0) is 55.7 Å². The molecule has 1 heterocycles. The molecule has 0 saturated heterocycles. The maximum Gasteiger partial charge on any atom is 0.411 e. The van der Waals surface area contributed by atoms with Crippen LogP contribution in [0.25, 0.3) is 0 Å². The molecule has 0 unspecified atom stereocenters. The van der Waals surface area contributed by atoms with Crippen molar-refractivity contribution in [2.75, 3.05) is 30.1 Å². The van der Waals surface area contributed by atoms with Crippen molar-refractivity contribution in [3.8, 4) is 5.75 Å². The van der Waals surface area contributed by atoms with E-state index in [1.165, 1.54) is 5.56 Å². The van der Waals surface area contributed by atoms with Gasteiger partial charge in [0.25, 0.3) is 0 Å². The minimum Gasteiger partial charge on any atom is -1.00 e. The number of methoxy groups -OCH3 is 1. The fraction of sp³-hybridized carbons (Fsp3) is 0.333. The fourth-order valence-electron chi connectivity index (χ4n) is 2.53. The van der Waals surface area contributed by atoms with Crippen LogP contribution in [0.2, 0.25) is 0 Å². The van der Waals surface area contributed by atoms with Crippen LogP contribution in [0.15, 0.2) is 24.3 Å². The standard InChI is InChI=1S/C18H24N4O3.ClH/c1-5-25-18(23)21-15-6-7-16(22-17(15)19)20-10-14-11(2)8-13(24-4)9-12(14)3;/h6-9H,5,10H2,1-4H3,(H,21,23)(H3,19,20,22);1H. The molecule has 26 heavy (non-hydrogen) atoms. The summed E-state index contributed by atoms with van der Waals surface area (Å²) in [7, 11) is 1.66. The number of nitrogens with two attached hydrogens (primary N) is 1. The summed E-state index contributed by atoms with van der Waals surface area (Å²) in [5.74, 6) is 1.95. The summed E-state index contributed by atoms with van der Waals surface area (Å²) < 4.78 is 10.1. The Balaban J connectivity index is 0.00000338. The van der Waals surface area contributed by atoms with E-state index in [2.05, 4.69) is 29.5 Å². The third-order valence-corrected chi connectivity index (χ3v) is 3.85. The number of rotatable bonds is 6. The van der Waals surface area contributed by atoms with Gasteiger partial charge in [0.05, 0.1) is 20.3 Å². The highest BCUT2D eigenvalue weighted by Gasteiger charge is 2.12. The SMILES string of the molecule is CCOC(=O)Nc1ccc(NCc2c(C)cc(OC)cc2C)[nH+]c1N.[Cl-]. The zero-order chi connectivity index (χ0) is 18.4. The summed E-state index contributed by atoms with van der Waals surface area (Å²) >= 11 is 0. The number of amides is 1. The minimum absolute atomic E-state index is 0. The van der Waals surface area contributed by atoms with Gasteiger partial charge in [-0.3, -0.25) is 5.32 Å². The lowest BCUT2D eigenvalue weighted by Crippen LogP contribution is -3.00. The molecule has 0 bridgehead atoms. The Bertz CT molecular complexity index is 745. The van der Waals surface area contributed by atoms with Crippen molar-refractivity contribution in [3.63, 3.8) is 0 Å². The Morgan fingerprint density at radius 2 is 1.88 bits per heavy atom. The van der Waals surface area contributed by atoms with Crippen molar-refractivity contribution in [2.24, 2.45) is 0 Å². The van der Waals surface area contributed by atoms with Crippen molar-refractivity contribution in [1.82, 2.24) is 0 Å². The van der Waals surface area contributed by atoms with Crippen LogP contribution < -0.4 is 38.5 Å². The van der Waals surface area contributed by atoms with Gasteiger partial charge in [0, 0.05) is 6.07 Å². The van der Waals surface area contributed by atoms with E-state index in [-0.39, 0.29) is 12.4 Å². The summed E-state index contributed by atoms with van der Waals surface area (Å²) in [4.78, 5) is 14.5. The number of nitrogens with one attached hydrogen (secondary N) is 3. The lowest BCUT2D eigenvalue weighted by molar-refractivity contribution is -0.342. The smallest absolute Gasteiger partial charge is 0.411 e. The Hall–Kier alpha value is -2.67. The first-order valence-corrected chi connectivity index (χ1v) is 8.08. The Morgan fingerprint density at radius 1 is 1.23 bits per heavy atom. The zero-order valence-corrected chi connectivity index (χ0v) is 16.2. The number of aromatic amines is 1. The molecule has 0 aliphatic heterocycles. The third kappa shape index (κ3) is 5.42. The molecule has 142 valence electrons. The molecule has 7 nitrogen and oxygen atoms in total. The van der Waals surface area contributed by atoms with Crippen molar-refractivity contribution in [1.29, 1.82) is 0 Å². The molecule has 2 rings (SSSR count). The number of aromatic nitrogens is 1. The second-order valence-corrected chi connectivity index (χ2v) is 5.64. The summed E-state index contributed by atoms with van der Waals surface area (Å²) in [5, 5.41) is 5.89. The lowest BCUT2D eigenvalue weighted by atomic mass is 10.0. The van der Waals surface area contributed by atoms with Crippen molar-refractivity contribution in [2.45, 2.75) is 27.3 Å². The maximum atomic E-state index is 11.5. The number of aryl methyl sites for hydroxylation is 2. The molecular weight excluding hydrogens is 356 g/mol. The number of nitrogen functional groups attached to an aromatic ring is 1. The van der Waals surface area contributed by atoms with Gasteiger partial charge < -0.3 is 32.9 Å². The highest BCUT2D eigenvalue weighted by atomic mass is 35.5. The van der Waals surface area contributed by atoms with Crippen molar-refractivity contribution in [3.05, 3.63) is 41.0 Å². The van der Waals surface area contributed by atoms with E-state index in [1.54, 1.807) is 20.1 Å². The van der Waals surface area contributed by atoms with Gasteiger partial charge in [0.2, 0.25) is 11.6 Å². The summed E-state index contributed by atoms with van der Waals surface area (Å²) in [6.45, 7) is 6.79. The molecule has 0 spiro atoms. The molecule has 1 amide bonds. The van der Waals surface area contributed by atoms with Crippen molar-refractivity contribution >= 4 is 23.4 Å². The lowest BCUT2D eigenvalue weighted by Gasteiger charge is -2.12. The topological polar surface area (TPSA) is 99.8 Å². The number of anilines is 3. The number of ether oxygens (including phenoxy) is 2. The van der Waals surface area contributed by atoms with E-state index < -0.39 is 6.09 Å². The molecule has 0 radical (unpaired) electrons. The third-order valence-electron chi connectivity index (χ3n) is 3.85. The van der Waals surface area contributed by atoms with Gasteiger partial charge in [0.1, 0.15) is 11.4 Å². The quantitative estimate of drug-likeness (QED) is 0.649. The number of halogens is 1. The van der Waals surface area contributed by atoms with E-state index in [0.717, 1.165) is 22.7 Å². The number of carbonyl (C=O) groups is 1. The first-order chi connectivity index (χ1) is 11.9. The second-order valence-electron chi connectivity index (χ2n) is 5.64. The first kappa shape index (κ1) is 21.4. The van der Waals surface area contributed by atoms with Crippen LogP contribution in [0.1, 0.15) is 23.6 Å². The number of H-pyrrole nitrogens is 1. The number of hydrogen-bond acceptors (Lipinski definition) is 5. The average Bonchev–Trinajstić information content (AvgIpc) is 2.56. The Kier molecular flexibility index (Phi) is 7.99. The molecule has 0 saturated carbocycles. The van der Waals surface area contributed by atoms with E-state index in [1.807, 2.05) is 18.2 Å². The van der Waals surface area contributed by atoms with Gasteiger partial charge in [0.15, 0.2) is 0 Å². The van der Waals surface area contributed by atoms with Crippen LogP contribution in [-0.2, 0) is 11.3 Å². The molecule has 0 atom stereocenters.